The van der Waals surface area contributed by atoms with E-state index in [-0.39, 0.29) is 24.4 Å². The summed E-state index contributed by atoms with van der Waals surface area (Å²) in [7, 11) is 0. The fraction of sp³-hybridized carbons (Fsp3) is 0.152. The molecule has 0 N–H and O–H groups in total. The third kappa shape index (κ3) is 8.11. The molecule has 1 heterocycles. The Morgan fingerprint density at radius 1 is 0.643 bits per heavy atom. The van der Waals surface area contributed by atoms with Crippen LogP contribution in [0.1, 0.15) is 40.3 Å². The van der Waals surface area contributed by atoms with E-state index in [9.17, 15) is 22.8 Å². The Bertz CT molecular complexity index is 2190. The van der Waals surface area contributed by atoms with Gasteiger partial charge >= 0.3 is 6.18 Å². The summed E-state index contributed by atoms with van der Waals surface area (Å²) in [5.74, 6) is 0.372. The Balaban J connectivity index is 0.962. The maximum atomic E-state index is 14.4. The van der Waals surface area contributed by atoms with Gasteiger partial charge in [0.2, 0.25) is 5.91 Å². The number of ether oxygens (including phenoxy) is 1. The molecule has 0 aliphatic carbocycles. The van der Waals surface area contributed by atoms with E-state index in [1.54, 1.807) is 6.92 Å². The van der Waals surface area contributed by atoms with E-state index < -0.39 is 22.5 Å². The van der Waals surface area contributed by atoms with Gasteiger partial charge in [-0.3, -0.25) is 14.5 Å². The summed E-state index contributed by atoms with van der Waals surface area (Å²) < 4.78 is 44.6. The Morgan fingerprint density at radius 3 is 1.64 bits per heavy atom. The number of rotatable bonds is 13. The van der Waals surface area contributed by atoms with E-state index in [4.69, 9.17) is 9.57 Å². The van der Waals surface area contributed by atoms with Crippen LogP contribution >= 0.6 is 11.8 Å². The first-order valence-corrected chi connectivity index (χ1v) is 18.9. The Hall–Kier alpha value is -6.13. The van der Waals surface area contributed by atoms with E-state index >= 15 is 0 Å². The lowest BCUT2D eigenvalue weighted by Gasteiger charge is -2.42. The summed E-state index contributed by atoms with van der Waals surface area (Å²) in [6, 6.07) is 48.9. The zero-order chi connectivity index (χ0) is 39.1. The van der Waals surface area contributed by atoms with Crippen LogP contribution in [0.4, 0.5) is 18.0 Å². The molecular weight excluding hydrogens is 734 g/mol. The van der Waals surface area contributed by atoms with Crippen LogP contribution in [0.5, 0.6) is 5.75 Å². The molecule has 0 bridgehead atoms. The van der Waals surface area contributed by atoms with E-state index in [0.29, 0.717) is 23.4 Å². The number of imide groups is 1. The van der Waals surface area contributed by atoms with Gasteiger partial charge in [-0.25, -0.2) is 0 Å². The van der Waals surface area contributed by atoms with Crippen molar-refractivity contribution in [3.63, 3.8) is 0 Å². The lowest BCUT2D eigenvalue weighted by molar-refractivity contribution is -0.137. The minimum absolute atomic E-state index is 0.194. The number of carbonyl (C=O) groups excluding carboxylic acids is 2. The van der Waals surface area contributed by atoms with E-state index in [2.05, 4.69) is 5.16 Å². The van der Waals surface area contributed by atoms with Gasteiger partial charge in [-0.2, -0.15) is 13.2 Å². The quantitative estimate of drug-likeness (QED) is 0.0506. The standard InChI is InChI=1S/C46H37F3N2O4S/c1-32(34-19-21-35(22-20-34)36-23-25-40(26-24-36)46(47,48)49)50-55-30-29-54-41-27-17-33(18-28-41)31-42-43(52)51(44(53)56-42)45(37-11-5-2-6-12-37,38-13-7-3-8-14-38)39-15-9-4-10-16-39/h2-28,42H,29-31H2,1H3/b50-32-. The third-order valence-electron chi connectivity index (χ3n) is 9.67. The normalized spacial score (nSPS) is 14.9. The first-order chi connectivity index (χ1) is 27.1. The molecule has 1 aliphatic rings. The van der Waals surface area contributed by atoms with Crippen molar-refractivity contribution in [2.45, 2.75) is 30.3 Å². The van der Waals surface area contributed by atoms with Crippen LogP contribution in [0.15, 0.2) is 169 Å². The largest absolute Gasteiger partial charge is 0.490 e. The second-order valence-electron chi connectivity index (χ2n) is 13.2. The molecule has 10 heteroatoms. The topological polar surface area (TPSA) is 68.2 Å². The molecule has 6 aromatic carbocycles. The third-order valence-corrected chi connectivity index (χ3v) is 10.7. The van der Waals surface area contributed by atoms with Gasteiger partial charge in [-0.1, -0.05) is 156 Å². The number of amides is 2. The van der Waals surface area contributed by atoms with Gasteiger partial charge in [-0.05, 0) is 76.6 Å². The van der Waals surface area contributed by atoms with E-state index in [0.717, 1.165) is 57.3 Å². The van der Waals surface area contributed by atoms with Gasteiger partial charge in [0.25, 0.3) is 5.24 Å². The monoisotopic (exact) mass is 770 g/mol. The smallest absolute Gasteiger partial charge is 0.416 e. The number of hydrogen-bond donors (Lipinski definition) is 0. The van der Waals surface area contributed by atoms with Crippen LogP contribution in [0.3, 0.4) is 0 Å². The highest BCUT2D eigenvalue weighted by atomic mass is 32.2. The lowest BCUT2D eigenvalue weighted by Crippen LogP contribution is -2.51. The van der Waals surface area contributed by atoms with Crippen molar-refractivity contribution in [2.75, 3.05) is 13.2 Å². The van der Waals surface area contributed by atoms with Crippen molar-refractivity contribution in [1.29, 1.82) is 0 Å². The van der Waals surface area contributed by atoms with Crippen LogP contribution in [0.25, 0.3) is 11.1 Å². The Morgan fingerprint density at radius 2 is 1.14 bits per heavy atom. The summed E-state index contributed by atoms with van der Waals surface area (Å²) in [6.45, 7) is 2.24. The minimum Gasteiger partial charge on any atom is -0.490 e. The van der Waals surface area contributed by atoms with E-state index in [1.807, 2.05) is 140 Å². The van der Waals surface area contributed by atoms with Gasteiger partial charge in [0.15, 0.2) is 6.61 Å². The zero-order valence-corrected chi connectivity index (χ0v) is 31.2. The molecule has 2 amide bonds. The SMILES string of the molecule is C/C(=N/OCCOc1ccc(CC2SC(=O)N(C(c3ccccc3)(c3ccccc3)c3ccccc3)C2=O)cc1)c1ccc(-c2ccc(C(F)(F)F)cc2)cc1. The highest BCUT2D eigenvalue weighted by molar-refractivity contribution is 8.15. The average Bonchev–Trinajstić information content (AvgIpc) is 3.51. The minimum atomic E-state index is -4.37. The maximum Gasteiger partial charge on any atom is 0.416 e. The molecular formula is C46H37F3N2O4S. The summed E-state index contributed by atoms with van der Waals surface area (Å²) in [4.78, 5) is 35.3. The molecule has 1 unspecified atom stereocenters. The molecule has 1 saturated heterocycles. The number of nitrogens with zero attached hydrogens (tertiary/aromatic N) is 2. The summed E-state index contributed by atoms with van der Waals surface area (Å²) in [6.07, 6.45) is -4.01. The average molecular weight is 771 g/mol. The number of alkyl halides is 3. The fourth-order valence-electron chi connectivity index (χ4n) is 6.90. The highest BCUT2D eigenvalue weighted by Gasteiger charge is 2.54. The van der Waals surface area contributed by atoms with Crippen LogP contribution < -0.4 is 4.74 Å². The van der Waals surface area contributed by atoms with Gasteiger partial charge in [-0.15, -0.1) is 0 Å². The second kappa shape index (κ2) is 16.7. The first-order valence-electron chi connectivity index (χ1n) is 18.0. The molecule has 1 atom stereocenters. The van der Waals surface area contributed by atoms with Crippen LogP contribution in [0, 0.1) is 0 Å². The van der Waals surface area contributed by atoms with Gasteiger partial charge in [0.1, 0.15) is 17.9 Å². The first kappa shape index (κ1) is 38.2. The second-order valence-corrected chi connectivity index (χ2v) is 14.4. The van der Waals surface area contributed by atoms with Crippen molar-refractivity contribution in [3.8, 4) is 16.9 Å². The van der Waals surface area contributed by atoms with Crippen LogP contribution in [-0.2, 0) is 27.8 Å². The number of carbonyl (C=O) groups is 2. The molecule has 0 saturated carbocycles. The Kier molecular flexibility index (Phi) is 11.4. The molecule has 6 aromatic rings. The molecule has 56 heavy (non-hydrogen) atoms. The Labute approximate surface area is 327 Å². The summed E-state index contributed by atoms with van der Waals surface area (Å²) >= 11 is 1.06. The van der Waals surface area contributed by atoms with Crippen molar-refractivity contribution in [2.24, 2.45) is 5.16 Å². The molecule has 0 spiro atoms. The lowest BCUT2D eigenvalue weighted by atomic mass is 9.75. The maximum absolute atomic E-state index is 14.4. The van der Waals surface area contributed by atoms with Crippen LogP contribution in [-0.4, -0.2) is 40.2 Å². The van der Waals surface area contributed by atoms with Crippen molar-refractivity contribution >= 4 is 28.6 Å². The van der Waals surface area contributed by atoms with Gasteiger partial charge in [0, 0.05) is 0 Å². The highest BCUT2D eigenvalue weighted by Crippen LogP contribution is 2.48. The van der Waals surface area contributed by atoms with Crippen LogP contribution in [0.2, 0.25) is 0 Å². The number of halogens is 3. The number of benzene rings is 6. The molecule has 1 aliphatic heterocycles. The molecule has 7 rings (SSSR count). The van der Waals surface area contributed by atoms with Gasteiger partial charge in [0.05, 0.1) is 16.5 Å². The predicted octanol–water partition coefficient (Wildman–Crippen LogP) is 10.8. The molecule has 1 fully saturated rings. The number of hydrogen-bond acceptors (Lipinski definition) is 6. The van der Waals surface area contributed by atoms with Crippen molar-refractivity contribution < 1.29 is 32.3 Å². The van der Waals surface area contributed by atoms with Crippen molar-refractivity contribution in [1.82, 2.24) is 4.90 Å². The molecule has 0 radical (unpaired) electrons. The number of oxime groups is 1. The molecule has 282 valence electrons. The van der Waals surface area contributed by atoms with E-state index in [1.165, 1.54) is 17.0 Å². The summed E-state index contributed by atoms with van der Waals surface area (Å²) in [5, 5.41) is 3.27. The summed E-state index contributed by atoms with van der Waals surface area (Å²) in [5.41, 5.74) is 4.42. The van der Waals surface area contributed by atoms with Crippen molar-refractivity contribution in [3.05, 3.63) is 197 Å². The molecule has 0 aromatic heterocycles. The number of thioether (sulfide) groups is 1. The molecule has 6 nitrogen and oxygen atoms in total. The zero-order valence-electron chi connectivity index (χ0n) is 30.4. The van der Waals surface area contributed by atoms with Gasteiger partial charge < -0.3 is 9.57 Å². The predicted molar refractivity (Wildman–Crippen MR) is 214 cm³/mol. The fourth-order valence-corrected chi connectivity index (χ4v) is 7.96.